The number of rotatable bonds is 2. The number of benzene rings is 1. The fourth-order valence-corrected chi connectivity index (χ4v) is 3.34. The Morgan fingerprint density at radius 1 is 1.19 bits per heavy atom. The van der Waals surface area contributed by atoms with Gasteiger partial charge >= 0.3 is 0 Å². The zero-order valence-corrected chi connectivity index (χ0v) is 14.1. The highest BCUT2D eigenvalue weighted by Crippen LogP contribution is 2.32. The minimum atomic E-state index is 0. The molecule has 21 heavy (non-hydrogen) atoms. The molecule has 0 spiro atoms. The van der Waals surface area contributed by atoms with Gasteiger partial charge in [0.15, 0.2) is 0 Å². The number of hydrogen-bond donors (Lipinski definition) is 1. The lowest BCUT2D eigenvalue weighted by Crippen LogP contribution is -2.30. The van der Waals surface area contributed by atoms with Gasteiger partial charge in [-0.3, -0.25) is 4.98 Å². The van der Waals surface area contributed by atoms with E-state index in [1.54, 1.807) is 0 Å². The number of hydrogen-bond acceptors (Lipinski definition) is 2. The molecule has 2 atom stereocenters. The summed E-state index contributed by atoms with van der Waals surface area (Å²) in [6.45, 7) is 4.38. The second-order valence-electron chi connectivity index (χ2n) is 5.94. The fraction of sp³-hybridized carbons (Fsp3) is 0.471. The highest BCUT2D eigenvalue weighted by atomic mass is 35.5. The molecule has 1 N–H and O–H groups in total. The Hall–Kier alpha value is -0.990. The van der Waals surface area contributed by atoms with Crippen LogP contribution in [0.15, 0.2) is 24.4 Å². The van der Waals surface area contributed by atoms with Crippen molar-refractivity contribution in [2.24, 2.45) is 5.92 Å². The Morgan fingerprint density at radius 2 is 1.95 bits per heavy atom. The molecule has 1 fully saturated rings. The summed E-state index contributed by atoms with van der Waals surface area (Å²) in [4.78, 5) is 4.49. The molecule has 0 bridgehead atoms. The minimum absolute atomic E-state index is 0. The average molecular weight is 325 g/mol. The molecule has 4 heteroatoms. The van der Waals surface area contributed by atoms with Crippen molar-refractivity contribution in [3.8, 4) is 0 Å². The van der Waals surface area contributed by atoms with Crippen molar-refractivity contribution in [3.05, 3.63) is 35.0 Å². The minimum Gasteiger partial charge on any atom is -0.381 e. The molecule has 2 unspecified atom stereocenters. The van der Waals surface area contributed by atoms with Crippen LogP contribution in [0.25, 0.3) is 10.9 Å². The van der Waals surface area contributed by atoms with Crippen molar-refractivity contribution in [1.82, 2.24) is 4.98 Å². The Morgan fingerprint density at radius 3 is 2.71 bits per heavy atom. The summed E-state index contributed by atoms with van der Waals surface area (Å²) in [7, 11) is 0. The van der Waals surface area contributed by atoms with Gasteiger partial charge in [-0.1, -0.05) is 31.4 Å². The Balaban J connectivity index is 0.00000161. The van der Waals surface area contributed by atoms with E-state index in [-0.39, 0.29) is 12.4 Å². The second-order valence-corrected chi connectivity index (χ2v) is 6.35. The Labute approximate surface area is 137 Å². The normalized spacial score (nSPS) is 21.9. The molecule has 1 aliphatic rings. The standard InChI is InChI=1S/C17H21ClN2.ClH/c1-11-5-3-4-6-15(11)20-16-9-10-19-17-12(2)14(18)8-7-13(16)17;/h7-11,15H,3-6H2,1-2H3,(H,19,20);1H. The maximum absolute atomic E-state index is 6.19. The summed E-state index contributed by atoms with van der Waals surface area (Å²) in [5.41, 5.74) is 3.25. The molecule has 0 aliphatic heterocycles. The van der Waals surface area contributed by atoms with Crippen LogP contribution in [0.4, 0.5) is 5.69 Å². The maximum atomic E-state index is 6.19. The third kappa shape index (κ3) is 3.27. The topological polar surface area (TPSA) is 24.9 Å². The van der Waals surface area contributed by atoms with E-state index in [0.29, 0.717) is 6.04 Å². The van der Waals surface area contributed by atoms with Gasteiger partial charge in [0.2, 0.25) is 0 Å². The van der Waals surface area contributed by atoms with Gasteiger partial charge in [-0.05, 0) is 49.4 Å². The van der Waals surface area contributed by atoms with Crippen LogP contribution >= 0.6 is 24.0 Å². The highest BCUT2D eigenvalue weighted by molar-refractivity contribution is 6.32. The van der Waals surface area contributed by atoms with E-state index in [9.17, 15) is 0 Å². The third-order valence-electron chi connectivity index (χ3n) is 4.55. The maximum Gasteiger partial charge on any atom is 0.0766 e. The molecule has 3 rings (SSSR count). The number of anilines is 1. The van der Waals surface area contributed by atoms with E-state index >= 15 is 0 Å². The van der Waals surface area contributed by atoms with Crippen molar-refractivity contribution in [2.75, 3.05) is 5.32 Å². The lowest BCUT2D eigenvalue weighted by molar-refractivity contribution is 0.350. The van der Waals surface area contributed by atoms with E-state index in [4.69, 9.17) is 11.6 Å². The van der Waals surface area contributed by atoms with E-state index in [2.05, 4.69) is 29.4 Å². The van der Waals surface area contributed by atoms with Gasteiger partial charge in [0.1, 0.15) is 0 Å². The zero-order chi connectivity index (χ0) is 14.1. The number of nitrogens with zero attached hydrogens (tertiary/aromatic N) is 1. The molecule has 2 aromatic rings. The van der Waals surface area contributed by atoms with Gasteiger partial charge in [0, 0.05) is 28.3 Å². The molecule has 0 amide bonds. The highest BCUT2D eigenvalue weighted by Gasteiger charge is 2.21. The van der Waals surface area contributed by atoms with Crippen LogP contribution in [0.3, 0.4) is 0 Å². The summed E-state index contributed by atoms with van der Waals surface area (Å²) in [5.74, 6) is 0.736. The molecule has 1 heterocycles. The molecule has 1 saturated carbocycles. The van der Waals surface area contributed by atoms with Crippen molar-refractivity contribution in [2.45, 2.75) is 45.6 Å². The first-order chi connectivity index (χ1) is 9.66. The number of pyridine rings is 1. The largest absolute Gasteiger partial charge is 0.381 e. The predicted octanol–water partition coefficient (Wildman–Crippen LogP) is 5.61. The van der Waals surface area contributed by atoms with Gasteiger partial charge in [-0.2, -0.15) is 0 Å². The summed E-state index contributed by atoms with van der Waals surface area (Å²) in [6.07, 6.45) is 7.16. The van der Waals surface area contributed by atoms with Crippen LogP contribution < -0.4 is 5.32 Å². The smallest absolute Gasteiger partial charge is 0.0766 e. The molecule has 1 aromatic heterocycles. The monoisotopic (exact) mass is 324 g/mol. The fourth-order valence-electron chi connectivity index (χ4n) is 3.19. The SMILES string of the molecule is Cc1c(Cl)ccc2c(NC3CCCCC3C)ccnc12.Cl. The van der Waals surface area contributed by atoms with Crippen LogP contribution in [-0.4, -0.2) is 11.0 Å². The van der Waals surface area contributed by atoms with Gasteiger partial charge in [-0.25, -0.2) is 0 Å². The number of halogens is 2. The summed E-state index contributed by atoms with van der Waals surface area (Å²) >= 11 is 6.19. The lowest BCUT2D eigenvalue weighted by Gasteiger charge is -2.30. The summed E-state index contributed by atoms with van der Waals surface area (Å²) in [5, 5.41) is 5.70. The van der Waals surface area contributed by atoms with Crippen molar-refractivity contribution in [3.63, 3.8) is 0 Å². The van der Waals surface area contributed by atoms with Gasteiger partial charge in [0.05, 0.1) is 5.52 Å². The first-order valence-corrected chi connectivity index (χ1v) is 7.85. The second kappa shape index (κ2) is 6.85. The van der Waals surface area contributed by atoms with E-state index in [1.165, 1.54) is 36.8 Å². The Kier molecular flexibility index (Phi) is 5.34. The summed E-state index contributed by atoms with van der Waals surface area (Å²) in [6, 6.07) is 6.70. The van der Waals surface area contributed by atoms with Gasteiger partial charge in [-0.15, -0.1) is 12.4 Å². The quantitative estimate of drug-likeness (QED) is 0.776. The van der Waals surface area contributed by atoms with E-state index in [1.807, 2.05) is 19.2 Å². The molecule has 1 aliphatic carbocycles. The lowest BCUT2D eigenvalue weighted by atomic mass is 9.85. The molecule has 2 nitrogen and oxygen atoms in total. The molecule has 1 aromatic carbocycles. The zero-order valence-electron chi connectivity index (χ0n) is 12.5. The molecular formula is C17H22Cl2N2. The third-order valence-corrected chi connectivity index (χ3v) is 4.96. The number of nitrogens with one attached hydrogen (secondary N) is 1. The summed E-state index contributed by atoms with van der Waals surface area (Å²) < 4.78 is 0. The molecule has 0 radical (unpaired) electrons. The first-order valence-electron chi connectivity index (χ1n) is 7.47. The van der Waals surface area contributed by atoms with Gasteiger partial charge in [0.25, 0.3) is 0 Å². The Bertz CT molecular complexity index is 627. The number of aryl methyl sites for hydroxylation is 1. The average Bonchev–Trinajstić information content (AvgIpc) is 2.46. The van der Waals surface area contributed by atoms with Gasteiger partial charge < -0.3 is 5.32 Å². The predicted molar refractivity (Wildman–Crippen MR) is 93.8 cm³/mol. The van der Waals surface area contributed by atoms with E-state index in [0.717, 1.165) is 22.0 Å². The number of fused-ring (bicyclic) bond motifs is 1. The van der Waals surface area contributed by atoms with Crippen LogP contribution in [0.2, 0.25) is 5.02 Å². The van der Waals surface area contributed by atoms with Crippen molar-refractivity contribution in [1.29, 1.82) is 0 Å². The van der Waals surface area contributed by atoms with Crippen LogP contribution in [0, 0.1) is 12.8 Å². The number of aromatic nitrogens is 1. The van der Waals surface area contributed by atoms with Crippen LogP contribution in [0.1, 0.15) is 38.2 Å². The molecule has 0 saturated heterocycles. The van der Waals surface area contributed by atoms with Crippen LogP contribution in [0.5, 0.6) is 0 Å². The van der Waals surface area contributed by atoms with Crippen LogP contribution in [-0.2, 0) is 0 Å². The van der Waals surface area contributed by atoms with Crippen molar-refractivity contribution < 1.29 is 0 Å². The van der Waals surface area contributed by atoms with Crippen molar-refractivity contribution >= 4 is 40.6 Å². The molecule has 114 valence electrons. The first kappa shape index (κ1) is 16.4. The molecular weight excluding hydrogens is 303 g/mol. The van der Waals surface area contributed by atoms with E-state index < -0.39 is 0 Å².